The zero-order valence-electron chi connectivity index (χ0n) is 11.8. The minimum Gasteiger partial charge on any atom is -0.490 e. The van der Waals surface area contributed by atoms with E-state index in [0.717, 1.165) is 37.1 Å². The number of nitrogens with one attached hydrogen (secondary N) is 1. The van der Waals surface area contributed by atoms with E-state index < -0.39 is 9.84 Å². The Bertz CT molecular complexity index is 591. The summed E-state index contributed by atoms with van der Waals surface area (Å²) in [6.45, 7) is 1.10. The molecule has 20 heavy (non-hydrogen) atoms. The topological polar surface area (TPSA) is 55.4 Å². The fourth-order valence-electron chi connectivity index (χ4n) is 3.08. The third kappa shape index (κ3) is 2.99. The quantitative estimate of drug-likeness (QED) is 0.925. The Balaban J connectivity index is 1.75. The van der Waals surface area contributed by atoms with Crippen LogP contribution in [0, 0.1) is 0 Å². The Kier molecular flexibility index (Phi) is 3.73. The largest absolute Gasteiger partial charge is 0.490 e. The van der Waals surface area contributed by atoms with Crippen LogP contribution in [-0.4, -0.2) is 33.4 Å². The molecule has 1 aromatic carbocycles. The van der Waals surface area contributed by atoms with Gasteiger partial charge in [-0.1, -0.05) is 6.07 Å². The van der Waals surface area contributed by atoms with E-state index in [4.69, 9.17) is 4.74 Å². The highest BCUT2D eigenvalue weighted by atomic mass is 32.2. The molecule has 2 aliphatic heterocycles. The molecule has 5 heteroatoms. The van der Waals surface area contributed by atoms with Gasteiger partial charge in [0.1, 0.15) is 11.9 Å². The molecule has 3 rings (SSSR count). The zero-order chi connectivity index (χ0) is 14.2. The van der Waals surface area contributed by atoms with Gasteiger partial charge in [0.2, 0.25) is 0 Å². The summed E-state index contributed by atoms with van der Waals surface area (Å²) in [6, 6.07) is 5.80. The van der Waals surface area contributed by atoms with Crippen molar-refractivity contribution in [2.24, 2.45) is 0 Å². The normalized spacial score (nSPS) is 26.1. The average molecular weight is 295 g/mol. The summed E-state index contributed by atoms with van der Waals surface area (Å²) in [4.78, 5) is 0.343. The maximum absolute atomic E-state index is 11.6. The van der Waals surface area contributed by atoms with Crippen LogP contribution in [0.3, 0.4) is 0 Å². The predicted octanol–water partition coefficient (Wildman–Crippen LogP) is 1.93. The van der Waals surface area contributed by atoms with Crippen molar-refractivity contribution in [3.63, 3.8) is 0 Å². The second-order valence-electron chi connectivity index (χ2n) is 5.85. The molecule has 1 fully saturated rings. The van der Waals surface area contributed by atoms with Gasteiger partial charge in [-0.2, -0.15) is 0 Å². The van der Waals surface area contributed by atoms with Crippen LogP contribution in [0.15, 0.2) is 23.1 Å². The highest BCUT2D eigenvalue weighted by molar-refractivity contribution is 7.90. The van der Waals surface area contributed by atoms with Crippen LogP contribution < -0.4 is 10.1 Å². The summed E-state index contributed by atoms with van der Waals surface area (Å²) in [6.07, 6.45) is 6.90. The molecule has 2 aliphatic rings. The van der Waals surface area contributed by atoms with Gasteiger partial charge in [0.25, 0.3) is 0 Å². The maximum atomic E-state index is 11.6. The molecule has 1 saturated heterocycles. The first-order valence-electron chi connectivity index (χ1n) is 7.25. The summed E-state index contributed by atoms with van der Waals surface area (Å²) in [7, 11) is -3.17. The van der Waals surface area contributed by atoms with Crippen molar-refractivity contribution in [1.82, 2.24) is 5.32 Å². The van der Waals surface area contributed by atoms with E-state index in [-0.39, 0.29) is 6.10 Å². The first-order chi connectivity index (χ1) is 9.52. The molecule has 0 radical (unpaired) electrons. The number of hydrogen-bond donors (Lipinski definition) is 1. The van der Waals surface area contributed by atoms with Crippen molar-refractivity contribution in [2.45, 2.75) is 49.1 Å². The lowest BCUT2D eigenvalue weighted by Gasteiger charge is -2.28. The van der Waals surface area contributed by atoms with E-state index in [1.54, 1.807) is 12.1 Å². The summed E-state index contributed by atoms with van der Waals surface area (Å²) in [5.41, 5.74) is 1.12. The third-order valence-electron chi connectivity index (χ3n) is 4.21. The lowest BCUT2D eigenvalue weighted by Crippen LogP contribution is -2.32. The molecule has 1 N–H and O–H groups in total. The summed E-state index contributed by atoms with van der Waals surface area (Å²) >= 11 is 0. The first-order valence-corrected chi connectivity index (χ1v) is 9.14. The van der Waals surface area contributed by atoms with Crippen LogP contribution in [0.25, 0.3) is 0 Å². The Morgan fingerprint density at radius 2 is 2.20 bits per heavy atom. The minimum absolute atomic E-state index is 0.202. The summed E-state index contributed by atoms with van der Waals surface area (Å²) < 4.78 is 29.3. The van der Waals surface area contributed by atoms with E-state index >= 15 is 0 Å². The van der Waals surface area contributed by atoms with Crippen LogP contribution in [0.2, 0.25) is 0 Å². The van der Waals surface area contributed by atoms with Crippen molar-refractivity contribution in [3.05, 3.63) is 23.8 Å². The van der Waals surface area contributed by atoms with Gasteiger partial charge in [-0.3, -0.25) is 0 Å². The maximum Gasteiger partial charge on any atom is 0.175 e. The van der Waals surface area contributed by atoms with E-state index in [1.165, 1.54) is 19.1 Å². The predicted molar refractivity (Wildman–Crippen MR) is 77.9 cm³/mol. The van der Waals surface area contributed by atoms with Gasteiger partial charge in [0, 0.05) is 12.3 Å². The number of rotatable bonds is 3. The lowest BCUT2D eigenvalue weighted by atomic mass is 9.97. The molecule has 110 valence electrons. The molecule has 0 bridgehead atoms. The van der Waals surface area contributed by atoms with Crippen molar-refractivity contribution < 1.29 is 13.2 Å². The molecule has 0 aliphatic carbocycles. The van der Waals surface area contributed by atoms with Crippen molar-refractivity contribution in [3.8, 4) is 5.75 Å². The van der Waals surface area contributed by atoms with Gasteiger partial charge in [-0.15, -0.1) is 0 Å². The molecule has 4 nitrogen and oxygen atoms in total. The minimum atomic E-state index is -3.17. The third-order valence-corrected chi connectivity index (χ3v) is 5.32. The van der Waals surface area contributed by atoms with Gasteiger partial charge in [-0.05, 0) is 56.3 Å². The lowest BCUT2D eigenvalue weighted by molar-refractivity contribution is 0.152. The van der Waals surface area contributed by atoms with Crippen LogP contribution in [0.1, 0.15) is 31.2 Å². The standard InChI is InChI=1S/C15H21NO3S/c1-20(17,18)14-7-5-11-4-6-13(19-15(11)10-14)9-12-3-2-8-16-12/h5,7,10,12-13,16H,2-4,6,8-9H2,1H3. The first kappa shape index (κ1) is 13.9. The van der Waals surface area contributed by atoms with E-state index in [0.29, 0.717) is 10.9 Å². The second-order valence-corrected chi connectivity index (χ2v) is 7.86. The van der Waals surface area contributed by atoms with Gasteiger partial charge >= 0.3 is 0 Å². The van der Waals surface area contributed by atoms with Crippen LogP contribution >= 0.6 is 0 Å². The molecule has 2 atom stereocenters. The summed E-state index contributed by atoms with van der Waals surface area (Å²) in [5, 5.41) is 3.49. The molecular formula is C15H21NO3S. The Morgan fingerprint density at radius 1 is 1.35 bits per heavy atom. The van der Waals surface area contributed by atoms with E-state index in [1.807, 2.05) is 6.07 Å². The van der Waals surface area contributed by atoms with Crippen molar-refractivity contribution in [1.29, 1.82) is 0 Å². The zero-order valence-corrected chi connectivity index (χ0v) is 12.6. The van der Waals surface area contributed by atoms with Crippen LogP contribution in [0.4, 0.5) is 0 Å². The number of fused-ring (bicyclic) bond motifs is 1. The second kappa shape index (κ2) is 5.37. The number of hydrogen-bond acceptors (Lipinski definition) is 4. The number of aryl methyl sites for hydroxylation is 1. The SMILES string of the molecule is CS(=O)(=O)c1ccc2c(c1)OC(CC1CCCN1)CC2. The van der Waals surface area contributed by atoms with Crippen molar-refractivity contribution in [2.75, 3.05) is 12.8 Å². The molecule has 0 amide bonds. The van der Waals surface area contributed by atoms with Crippen LogP contribution in [0.5, 0.6) is 5.75 Å². The average Bonchev–Trinajstić information content (AvgIpc) is 2.90. The van der Waals surface area contributed by atoms with Gasteiger partial charge in [0.05, 0.1) is 4.90 Å². The smallest absolute Gasteiger partial charge is 0.175 e. The monoisotopic (exact) mass is 295 g/mol. The molecule has 1 aromatic rings. The number of benzene rings is 1. The number of sulfone groups is 1. The Labute approximate surface area is 120 Å². The number of ether oxygens (including phenoxy) is 1. The molecular weight excluding hydrogens is 274 g/mol. The molecule has 0 spiro atoms. The Morgan fingerprint density at radius 3 is 2.90 bits per heavy atom. The van der Waals surface area contributed by atoms with Crippen LogP contribution in [-0.2, 0) is 16.3 Å². The molecule has 2 unspecified atom stereocenters. The molecule has 2 heterocycles. The van der Waals surface area contributed by atoms with Gasteiger partial charge in [0.15, 0.2) is 9.84 Å². The van der Waals surface area contributed by atoms with Gasteiger partial charge in [-0.25, -0.2) is 8.42 Å². The molecule has 0 aromatic heterocycles. The molecule has 0 saturated carbocycles. The summed E-state index contributed by atoms with van der Waals surface area (Å²) in [5.74, 6) is 0.752. The highest BCUT2D eigenvalue weighted by Gasteiger charge is 2.25. The fraction of sp³-hybridized carbons (Fsp3) is 0.600. The van der Waals surface area contributed by atoms with Gasteiger partial charge < -0.3 is 10.1 Å². The van der Waals surface area contributed by atoms with Crippen molar-refractivity contribution >= 4 is 9.84 Å². The fourth-order valence-corrected chi connectivity index (χ4v) is 3.71. The van der Waals surface area contributed by atoms with E-state index in [9.17, 15) is 8.42 Å². The van der Waals surface area contributed by atoms with E-state index in [2.05, 4.69) is 5.32 Å². The Hall–Kier alpha value is -1.07. The highest BCUT2D eigenvalue weighted by Crippen LogP contribution is 2.32.